The van der Waals surface area contributed by atoms with Gasteiger partial charge in [-0.05, 0) is 56.5 Å². The smallest absolute Gasteiger partial charge is 0.212 e. The fourth-order valence-electron chi connectivity index (χ4n) is 5.04. The molecule has 2 atom stereocenters. The Hall–Kier alpha value is -3.85. The molecular weight excluding hydrogens is 514 g/mol. The largest absolute Gasteiger partial charge is 0.489 e. The second-order valence-corrected chi connectivity index (χ2v) is 11.6. The number of piperazine rings is 1. The Labute approximate surface area is 230 Å². The van der Waals surface area contributed by atoms with Gasteiger partial charge in [0, 0.05) is 59.7 Å². The zero-order valence-corrected chi connectivity index (χ0v) is 22.8. The van der Waals surface area contributed by atoms with E-state index in [9.17, 15) is 10.4 Å². The van der Waals surface area contributed by atoms with Gasteiger partial charge in [0.05, 0.1) is 36.2 Å². The van der Waals surface area contributed by atoms with Crippen LogP contribution in [0.25, 0.3) is 16.6 Å². The van der Waals surface area contributed by atoms with Crippen LogP contribution in [-0.4, -0.2) is 73.5 Å². The molecule has 11 heteroatoms. The number of aliphatic hydroxyl groups is 1. The summed E-state index contributed by atoms with van der Waals surface area (Å²) < 4.78 is 15.1. The Morgan fingerprint density at radius 1 is 1.13 bits per heavy atom. The van der Waals surface area contributed by atoms with Crippen LogP contribution in [0, 0.1) is 11.3 Å². The Kier molecular flexibility index (Phi) is 6.54. The highest BCUT2D eigenvalue weighted by Crippen LogP contribution is 2.42. The summed E-state index contributed by atoms with van der Waals surface area (Å²) in [5.74, 6) is 2.11. The molecule has 2 bridgehead atoms. The molecule has 4 aromatic heterocycles. The van der Waals surface area contributed by atoms with Crippen LogP contribution in [0.1, 0.15) is 25.8 Å². The Morgan fingerprint density at radius 2 is 1.95 bits per heavy atom. The standard InChI is InChI=1S/C28H29N7O3S/c1-28(2,36)17-38-22-9-24(27-19(10-29)12-32-34(27)16-22)18-4-6-25(30-11-18)33-14-20-8-21(15-33)35(20)39-23-5-7-26(37-3)31-13-23/h4-7,9,11-13,16,20-21,36H,8,14-15,17H2,1-3H3. The lowest BCUT2D eigenvalue weighted by Crippen LogP contribution is -2.66. The quantitative estimate of drug-likeness (QED) is 0.329. The zero-order chi connectivity index (χ0) is 27.1. The number of fused-ring (bicyclic) bond motifs is 3. The maximum Gasteiger partial charge on any atom is 0.212 e. The molecule has 4 aromatic rings. The first kappa shape index (κ1) is 25.4. The number of nitrogens with zero attached hydrogens (tertiary/aromatic N) is 7. The normalized spacial score (nSPS) is 19.0. The minimum absolute atomic E-state index is 0.128. The second-order valence-electron chi connectivity index (χ2n) is 10.5. The molecule has 3 aliphatic heterocycles. The predicted molar refractivity (Wildman–Crippen MR) is 148 cm³/mol. The van der Waals surface area contributed by atoms with E-state index in [1.54, 1.807) is 49.8 Å². The predicted octanol–water partition coefficient (Wildman–Crippen LogP) is 3.79. The third-order valence-corrected chi connectivity index (χ3v) is 8.20. The lowest BCUT2D eigenvalue weighted by Gasteiger charge is -2.55. The molecule has 1 N–H and O–H groups in total. The van der Waals surface area contributed by atoms with Crippen molar-refractivity contribution in [2.24, 2.45) is 0 Å². The van der Waals surface area contributed by atoms with E-state index in [0.717, 1.165) is 34.9 Å². The van der Waals surface area contributed by atoms with Crippen molar-refractivity contribution in [2.75, 3.05) is 31.7 Å². The van der Waals surface area contributed by atoms with Crippen molar-refractivity contribution in [3.05, 3.63) is 60.7 Å². The van der Waals surface area contributed by atoms with Gasteiger partial charge in [-0.15, -0.1) is 0 Å². The molecule has 0 amide bonds. The number of piperidine rings is 1. The van der Waals surface area contributed by atoms with Crippen molar-refractivity contribution in [1.82, 2.24) is 23.9 Å². The Morgan fingerprint density at radius 3 is 2.59 bits per heavy atom. The monoisotopic (exact) mass is 543 g/mol. The minimum atomic E-state index is -0.977. The second kappa shape index (κ2) is 10.0. The highest BCUT2D eigenvalue weighted by molar-refractivity contribution is 7.97. The molecule has 7 rings (SSSR count). The van der Waals surface area contributed by atoms with E-state index in [4.69, 9.17) is 14.5 Å². The van der Waals surface area contributed by atoms with Crippen LogP contribution in [-0.2, 0) is 0 Å². The van der Waals surface area contributed by atoms with E-state index in [-0.39, 0.29) is 6.61 Å². The first-order chi connectivity index (χ1) is 18.8. The van der Waals surface area contributed by atoms with Crippen molar-refractivity contribution < 1.29 is 14.6 Å². The van der Waals surface area contributed by atoms with Gasteiger partial charge in [0.1, 0.15) is 24.2 Å². The summed E-state index contributed by atoms with van der Waals surface area (Å²) in [6, 6.07) is 13.0. The number of pyridine rings is 3. The summed E-state index contributed by atoms with van der Waals surface area (Å²) in [4.78, 5) is 12.6. The average Bonchev–Trinajstić information content (AvgIpc) is 3.37. The molecule has 0 saturated carbocycles. The van der Waals surface area contributed by atoms with Gasteiger partial charge in [-0.2, -0.15) is 10.4 Å². The molecule has 10 nitrogen and oxygen atoms in total. The molecule has 7 heterocycles. The number of aromatic nitrogens is 4. The average molecular weight is 544 g/mol. The lowest BCUT2D eigenvalue weighted by atomic mass is 9.91. The van der Waals surface area contributed by atoms with Crippen LogP contribution < -0.4 is 14.4 Å². The summed E-state index contributed by atoms with van der Waals surface area (Å²) >= 11 is 1.76. The SMILES string of the molecule is COc1ccc(SN2C3CC2CN(c2ccc(-c4cc(OCC(C)(C)O)cn5ncc(C#N)c45)cn2)C3)cn1. The summed E-state index contributed by atoms with van der Waals surface area (Å²) in [7, 11) is 1.62. The first-order valence-electron chi connectivity index (χ1n) is 12.8. The highest BCUT2D eigenvalue weighted by Gasteiger charge is 2.45. The maximum absolute atomic E-state index is 10.1. The topological polar surface area (TPSA) is 112 Å². The van der Waals surface area contributed by atoms with Crippen LogP contribution in [0.4, 0.5) is 5.82 Å². The number of nitriles is 1. The van der Waals surface area contributed by atoms with E-state index in [1.807, 2.05) is 42.7 Å². The number of anilines is 1. The van der Waals surface area contributed by atoms with Gasteiger partial charge in [-0.1, -0.05) is 0 Å². The van der Waals surface area contributed by atoms with Gasteiger partial charge in [0.25, 0.3) is 0 Å². The molecule has 3 aliphatic rings. The lowest BCUT2D eigenvalue weighted by molar-refractivity contribution is 0.0283. The molecule has 39 heavy (non-hydrogen) atoms. The zero-order valence-electron chi connectivity index (χ0n) is 22.0. The number of ether oxygens (including phenoxy) is 2. The minimum Gasteiger partial charge on any atom is -0.489 e. The molecule has 0 aromatic carbocycles. The van der Waals surface area contributed by atoms with Crippen molar-refractivity contribution in [3.63, 3.8) is 0 Å². The van der Waals surface area contributed by atoms with E-state index < -0.39 is 5.60 Å². The number of rotatable bonds is 8. The van der Waals surface area contributed by atoms with E-state index in [2.05, 4.69) is 25.4 Å². The summed E-state index contributed by atoms with van der Waals surface area (Å²) in [6.45, 7) is 5.32. The van der Waals surface area contributed by atoms with Gasteiger partial charge < -0.3 is 19.5 Å². The molecule has 3 fully saturated rings. The third kappa shape index (κ3) is 5.11. The molecule has 200 valence electrons. The van der Waals surface area contributed by atoms with Gasteiger partial charge in [0.15, 0.2) is 0 Å². The fraction of sp³-hybridized carbons (Fsp3) is 0.357. The van der Waals surface area contributed by atoms with E-state index in [1.165, 1.54) is 6.42 Å². The molecule has 2 unspecified atom stereocenters. The summed E-state index contributed by atoms with van der Waals surface area (Å²) in [5, 5.41) is 24.1. The third-order valence-electron chi connectivity index (χ3n) is 6.94. The summed E-state index contributed by atoms with van der Waals surface area (Å²) in [6.07, 6.45) is 8.15. The van der Waals surface area contributed by atoms with Crippen LogP contribution >= 0.6 is 11.9 Å². The van der Waals surface area contributed by atoms with Crippen molar-refractivity contribution in [2.45, 2.75) is 42.8 Å². The number of methoxy groups -OCH3 is 1. The molecule has 0 aliphatic carbocycles. The van der Waals surface area contributed by atoms with Gasteiger partial charge in [-0.3, -0.25) is 0 Å². The maximum atomic E-state index is 10.1. The fourth-order valence-corrected chi connectivity index (χ4v) is 6.12. The van der Waals surface area contributed by atoms with Gasteiger partial charge in [0.2, 0.25) is 5.88 Å². The Bertz CT molecular complexity index is 1510. The molecule has 0 spiro atoms. The molecule has 3 saturated heterocycles. The van der Waals surface area contributed by atoms with E-state index in [0.29, 0.717) is 34.8 Å². The van der Waals surface area contributed by atoms with Crippen LogP contribution in [0.3, 0.4) is 0 Å². The van der Waals surface area contributed by atoms with Gasteiger partial charge >= 0.3 is 0 Å². The van der Waals surface area contributed by atoms with Crippen LogP contribution in [0.5, 0.6) is 11.6 Å². The molecule has 0 radical (unpaired) electrons. The van der Waals surface area contributed by atoms with Gasteiger partial charge in [-0.25, -0.2) is 18.8 Å². The van der Waals surface area contributed by atoms with Crippen molar-refractivity contribution >= 4 is 23.3 Å². The number of hydrogen-bond acceptors (Lipinski definition) is 10. The van der Waals surface area contributed by atoms with Crippen molar-refractivity contribution in [3.8, 4) is 28.8 Å². The summed E-state index contributed by atoms with van der Waals surface area (Å²) in [5.41, 5.74) is 1.86. The molecular formula is C28H29N7O3S. The van der Waals surface area contributed by atoms with Crippen molar-refractivity contribution in [1.29, 1.82) is 5.26 Å². The highest BCUT2D eigenvalue weighted by atomic mass is 32.2. The van der Waals surface area contributed by atoms with E-state index >= 15 is 0 Å². The van der Waals surface area contributed by atoms with Crippen LogP contribution in [0.15, 0.2) is 60.0 Å². The Balaban J connectivity index is 1.19. The van der Waals surface area contributed by atoms with Crippen LogP contribution in [0.2, 0.25) is 0 Å². The number of hydrogen-bond donors (Lipinski definition) is 1. The first-order valence-corrected chi connectivity index (χ1v) is 13.5.